The molecule has 1 N–H and O–H groups in total. The number of hydrogen-bond donors (Lipinski definition) is 1. The maximum absolute atomic E-state index is 5.42. The molecule has 150 valence electrons. The zero-order chi connectivity index (χ0) is 20.4. The molecule has 0 radical (unpaired) electrons. The van der Waals surface area contributed by atoms with Crippen molar-refractivity contribution < 1.29 is 14.5 Å². The first-order valence-electron chi connectivity index (χ1n) is 7.76. The molecule has 0 bridgehead atoms. The van der Waals surface area contributed by atoms with Crippen LogP contribution in [0.5, 0.6) is 11.5 Å². The molecule has 27 heavy (non-hydrogen) atoms. The van der Waals surface area contributed by atoms with E-state index in [1.165, 1.54) is 16.7 Å². The normalized spacial score (nSPS) is 15.9. The molecule has 0 atom stereocenters. The van der Waals surface area contributed by atoms with Crippen LogP contribution in [0.15, 0.2) is 42.5 Å². The molecule has 1 aliphatic rings. The summed E-state index contributed by atoms with van der Waals surface area (Å²) in [4.78, 5) is 3.50. The first-order chi connectivity index (χ1) is 12.3. The minimum absolute atomic E-state index is 0.767. The molecule has 0 aliphatic carbocycles. The number of halogens is 6. The third-order valence-electron chi connectivity index (χ3n) is 3.64. The fourth-order valence-electron chi connectivity index (χ4n) is 2.64. The Morgan fingerprint density at radius 1 is 0.852 bits per heavy atom. The van der Waals surface area contributed by atoms with E-state index in [0.717, 1.165) is 30.2 Å². The molecule has 1 heterocycles. The Morgan fingerprint density at radius 2 is 1.37 bits per heavy atom. The maximum atomic E-state index is 5.42. The summed E-state index contributed by atoms with van der Waals surface area (Å²) in [5.41, 5.74) is 4.84. The predicted octanol–water partition coefficient (Wildman–Crippen LogP) is 4.93. The van der Waals surface area contributed by atoms with Crippen LogP contribution in [0.3, 0.4) is 0 Å². The van der Waals surface area contributed by atoms with Gasteiger partial charge in [-0.1, -0.05) is 18.2 Å². The second-order valence-corrected chi connectivity index (χ2v) is 62.6. The van der Waals surface area contributed by atoms with Gasteiger partial charge in [-0.3, -0.25) is 0 Å². The van der Waals surface area contributed by atoms with Crippen LogP contribution in [0.1, 0.15) is 16.7 Å². The number of methoxy groups -OCH3 is 2. The first-order valence-corrected chi connectivity index (χ1v) is 27.2. The average molecular weight is 603 g/mol. The van der Waals surface area contributed by atoms with Crippen molar-refractivity contribution in [2.45, 2.75) is 6.42 Å². The van der Waals surface area contributed by atoms with Crippen LogP contribution in [0.2, 0.25) is 0 Å². The van der Waals surface area contributed by atoms with Crippen LogP contribution in [-0.2, 0) is 6.42 Å². The summed E-state index contributed by atoms with van der Waals surface area (Å²) in [6.07, 6.45) is 0.992. The Bertz CT molecular complexity index is 840. The summed E-state index contributed by atoms with van der Waals surface area (Å²) in [6, 6.07) is 14.5. The Kier molecular flexibility index (Phi) is 7.14. The van der Waals surface area contributed by atoms with E-state index in [4.69, 9.17) is 62.4 Å². The van der Waals surface area contributed by atoms with Crippen molar-refractivity contribution in [3.8, 4) is 11.5 Å². The van der Waals surface area contributed by atoms with Crippen molar-refractivity contribution in [3.05, 3.63) is 59.2 Å². The van der Waals surface area contributed by atoms with Gasteiger partial charge in [-0.25, -0.2) is 4.99 Å². The molecule has 0 amide bonds. The van der Waals surface area contributed by atoms with Crippen LogP contribution in [0, 0.1) is 0 Å². The van der Waals surface area contributed by atoms with Gasteiger partial charge in [0, 0.05) is 12.0 Å². The molecule has 10 heteroatoms. The molecule has 0 unspecified atom stereocenters. The molecule has 1 aliphatic heterocycles. The van der Waals surface area contributed by atoms with Gasteiger partial charge in [0.05, 0.1) is 19.8 Å². The van der Waals surface area contributed by atoms with E-state index in [9.17, 15) is 0 Å². The van der Waals surface area contributed by atoms with Gasteiger partial charge in [0.1, 0.15) is 6.54 Å². The van der Waals surface area contributed by atoms with Crippen LogP contribution in [-0.4, -0.2) is 35.6 Å². The first kappa shape index (κ1) is 23.5. The molecular formula is C17H18Cl6NO2Sb. The molecular weight excluding hydrogens is 585 g/mol. The standard InChI is InChI=1S/C17H17NO2.6ClH.Sb/c1-19-15-10-13-8-9-18-17(12-6-4-3-5-7-12)14(13)11-16(15)20-2;;;;;;;/h3-7,10-11H,8-9H2,1-2H3;6*1H;/q;;;;;;;+5/p-5. The number of hydrogen-bond acceptors (Lipinski definition) is 2. The van der Waals surface area contributed by atoms with E-state index in [2.05, 4.69) is 41.4 Å². The van der Waals surface area contributed by atoms with E-state index in [-0.39, 0.29) is 0 Å². The van der Waals surface area contributed by atoms with Crippen LogP contribution in [0.4, 0.5) is 0 Å². The summed E-state index contributed by atoms with van der Waals surface area (Å²) in [5, 5.41) is 0. The van der Waals surface area contributed by atoms with Gasteiger partial charge in [-0.15, -0.1) is 0 Å². The summed E-state index contributed by atoms with van der Waals surface area (Å²) in [5.74, 6) is 1.56. The van der Waals surface area contributed by atoms with Crippen LogP contribution >= 0.6 is 53.0 Å². The number of rotatable bonds is 3. The van der Waals surface area contributed by atoms with Gasteiger partial charge >= 0.3 is 62.1 Å². The van der Waals surface area contributed by atoms with Crippen molar-refractivity contribution >= 4 is 67.8 Å². The molecule has 0 saturated carbocycles. The molecule has 0 saturated heterocycles. The van der Waals surface area contributed by atoms with Crippen molar-refractivity contribution in [1.29, 1.82) is 0 Å². The number of ether oxygens (including phenoxy) is 2. The van der Waals surface area contributed by atoms with Crippen LogP contribution < -0.4 is 14.5 Å². The topological polar surface area (TPSA) is 32.4 Å². The summed E-state index contributed by atoms with van der Waals surface area (Å²) >= 11 is 0. The second kappa shape index (κ2) is 8.18. The van der Waals surface area contributed by atoms with Crippen molar-refractivity contribution in [3.63, 3.8) is 0 Å². The van der Waals surface area contributed by atoms with E-state index in [1.807, 2.05) is 6.07 Å². The van der Waals surface area contributed by atoms with Gasteiger partial charge in [-0.2, -0.15) is 0 Å². The fourth-order valence-corrected chi connectivity index (χ4v) is 2.64. The van der Waals surface area contributed by atoms with Crippen molar-refractivity contribution in [2.75, 3.05) is 20.8 Å². The van der Waals surface area contributed by atoms with Crippen molar-refractivity contribution in [1.82, 2.24) is 0 Å². The van der Waals surface area contributed by atoms with E-state index in [1.54, 1.807) is 14.2 Å². The van der Waals surface area contributed by atoms with Crippen molar-refractivity contribution in [2.24, 2.45) is 0 Å². The summed E-state index contributed by atoms with van der Waals surface area (Å²) < 4.78 is 10.8. The Morgan fingerprint density at radius 3 is 1.89 bits per heavy atom. The van der Waals surface area contributed by atoms with Gasteiger partial charge in [0.2, 0.25) is 5.71 Å². The molecule has 3 nitrogen and oxygen atoms in total. The molecule has 0 aromatic heterocycles. The van der Waals surface area contributed by atoms with Gasteiger partial charge in [0.25, 0.3) is 0 Å². The zero-order valence-electron chi connectivity index (χ0n) is 14.5. The number of nitrogens with one attached hydrogen (secondary N) is 1. The summed E-state index contributed by atoms with van der Waals surface area (Å²) in [7, 11) is 28.3. The number of fused-ring (bicyclic) bond motifs is 1. The average Bonchev–Trinajstić information content (AvgIpc) is 2.58. The Labute approximate surface area is 178 Å². The monoisotopic (exact) mass is 599 g/mol. The Balaban J connectivity index is 0.000000321. The molecule has 0 spiro atoms. The number of benzene rings is 2. The minimum atomic E-state index is -5.42. The molecule has 0 fully saturated rings. The van der Waals surface area contributed by atoms with E-state index >= 15 is 0 Å². The SMILES string of the molecule is COc1cc2c(cc1OC)C(c1ccccc1)=[NH+]CC2.[Cl][Sb-]([Cl])([Cl])([Cl])([Cl])[Cl]. The van der Waals surface area contributed by atoms with Gasteiger partial charge < -0.3 is 9.47 Å². The van der Waals surface area contributed by atoms with Crippen LogP contribution in [0.25, 0.3) is 0 Å². The molecule has 2 aromatic rings. The molecule has 3 rings (SSSR count). The Hall–Kier alpha value is 0.268. The quantitative estimate of drug-likeness (QED) is 0.506. The second-order valence-electron chi connectivity index (χ2n) is 5.74. The van der Waals surface area contributed by atoms with E-state index in [0.29, 0.717) is 0 Å². The van der Waals surface area contributed by atoms with Gasteiger partial charge in [-0.05, 0) is 29.8 Å². The zero-order valence-corrected chi connectivity index (χ0v) is 21.6. The van der Waals surface area contributed by atoms with Gasteiger partial charge in [0.15, 0.2) is 11.5 Å². The fraction of sp³-hybridized carbons (Fsp3) is 0.235. The third kappa shape index (κ3) is 8.66. The third-order valence-corrected chi connectivity index (χ3v) is 3.64. The molecule has 2 aromatic carbocycles. The van der Waals surface area contributed by atoms with E-state index < -0.39 is 9.14 Å². The predicted molar refractivity (Wildman–Crippen MR) is 120 cm³/mol. The summed E-state index contributed by atoms with van der Waals surface area (Å²) in [6.45, 7) is 0.937.